The molecule has 1 aliphatic heterocycles. The largest absolute Gasteiger partial charge is 0.507 e. The second kappa shape index (κ2) is 9.38. The number of ketones is 1. The van der Waals surface area contributed by atoms with Crippen LogP contribution in [0.25, 0.3) is 0 Å². The van der Waals surface area contributed by atoms with Gasteiger partial charge in [-0.1, -0.05) is 19.9 Å². The molecule has 0 radical (unpaired) electrons. The van der Waals surface area contributed by atoms with Gasteiger partial charge >= 0.3 is 0 Å². The fraction of sp³-hybridized carbons (Fsp3) is 0.278. The van der Waals surface area contributed by atoms with E-state index in [1.54, 1.807) is 0 Å². The summed E-state index contributed by atoms with van der Waals surface area (Å²) in [6.45, 7) is 3.90. The summed E-state index contributed by atoms with van der Waals surface area (Å²) in [5.41, 5.74) is 0.00884. The van der Waals surface area contributed by atoms with Crippen molar-refractivity contribution in [1.82, 2.24) is 0 Å². The van der Waals surface area contributed by atoms with Crippen LogP contribution in [0.15, 0.2) is 30.3 Å². The molecule has 26 heavy (non-hydrogen) atoms. The van der Waals surface area contributed by atoms with Crippen LogP contribution < -0.4 is 9.47 Å². The Hall–Kier alpha value is -3.13. The fourth-order valence-electron chi connectivity index (χ4n) is 1.99. The average Bonchev–Trinajstić information content (AvgIpc) is 2.64. The summed E-state index contributed by atoms with van der Waals surface area (Å²) >= 11 is 0. The van der Waals surface area contributed by atoms with Crippen molar-refractivity contribution in [2.24, 2.45) is 0 Å². The van der Waals surface area contributed by atoms with Crippen molar-refractivity contribution in [3.8, 4) is 34.5 Å². The standard InChI is InChI=1S/C10H10O5.C6H6O3.C2H6/c1-14-5-2-6(11)9-8(3-5)15-4-7(12)10(9)13;7-4-2-1-3-5(8)6(4)9;1-2/h2-3,7,11-12H,4H2,1H3;1-3,7-9H;1-2H3. The van der Waals surface area contributed by atoms with Crippen LogP contribution in [0.2, 0.25) is 0 Å². The van der Waals surface area contributed by atoms with Gasteiger partial charge in [0.05, 0.1) is 7.11 Å². The molecular weight excluding hydrogens is 344 g/mol. The Morgan fingerprint density at radius 3 is 2.12 bits per heavy atom. The number of aromatic hydroxyl groups is 4. The molecule has 3 rings (SSSR count). The highest BCUT2D eigenvalue weighted by Gasteiger charge is 2.30. The third-order valence-electron chi connectivity index (χ3n) is 3.23. The van der Waals surface area contributed by atoms with Gasteiger partial charge in [-0.15, -0.1) is 0 Å². The number of hydrogen-bond acceptors (Lipinski definition) is 8. The summed E-state index contributed by atoms with van der Waals surface area (Å²) in [4.78, 5) is 11.5. The Kier molecular flexibility index (Phi) is 7.54. The van der Waals surface area contributed by atoms with E-state index >= 15 is 0 Å². The number of carbonyl (C=O) groups excluding carboxylic acids is 1. The van der Waals surface area contributed by atoms with Gasteiger partial charge in [-0.25, -0.2) is 0 Å². The van der Waals surface area contributed by atoms with Crippen LogP contribution in [0.4, 0.5) is 0 Å². The van der Waals surface area contributed by atoms with E-state index in [1.807, 2.05) is 13.8 Å². The van der Waals surface area contributed by atoms with Crippen molar-refractivity contribution in [2.45, 2.75) is 20.0 Å². The molecule has 2 aromatic rings. The fourth-order valence-corrected chi connectivity index (χ4v) is 1.99. The number of aliphatic hydroxyl groups excluding tert-OH is 1. The lowest BCUT2D eigenvalue weighted by Crippen LogP contribution is -2.32. The number of hydrogen-bond donors (Lipinski definition) is 5. The van der Waals surface area contributed by atoms with Crippen LogP contribution in [-0.4, -0.2) is 51.1 Å². The zero-order chi connectivity index (χ0) is 19.9. The monoisotopic (exact) mass is 366 g/mol. The van der Waals surface area contributed by atoms with Crippen LogP contribution in [0.1, 0.15) is 24.2 Å². The van der Waals surface area contributed by atoms with Gasteiger partial charge in [0.2, 0.25) is 5.78 Å². The summed E-state index contributed by atoms with van der Waals surface area (Å²) in [7, 11) is 1.45. The molecule has 8 nitrogen and oxygen atoms in total. The molecule has 0 saturated carbocycles. The number of ether oxygens (including phenoxy) is 2. The molecule has 0 amide bonds. The number of aliphatic hydroxyl groups is 1. The minimum Gasteiger partial charge on any atom is -0.507 e. The predicted molar refractivity (Wildman–Crippen MR) is 93.3 cm³/mol. The number of Topliss-reactive ketones (excluding diaryl/α,β-unsaturated/α-hetero) is 1. The first-order valence-electron chi connectivity index (χ1n) is 7.81. The quantitative estimate of drug-likeness (QED) is 0.484. The number of phenols is 4. The van der Waals surface area contributed by atoms with Gasteiger partial charge in [0.1, 0.15) is 29.4 Å². The molecule has 1 atom stereocenters. The van der Waals surface area contributed by atoms with E-state index < -0.39 is 17.6 Å². The predicted octanol–water partition coefficient (Wildman–Crippen LogP) is 2.17. The van der Waals surface area contributed by atoms with Gasteiger partial charge in [0.15, 0.2) is 23.4 Å². The molecule has 5 N–H and O–H groups in total. The second-order valence-corrected chi connectivity index (χ2v) is 4.86. The number of phenolic OH excluding ortho intramolecular Hbond substituents is 4. The number of methoxy groups -OCH3 is 1. The second-order valence-electron chi connectivity index (χ2n) is 4.86. The van der Waals surface area contributed by atoms with Gasteiger partial charge in [0.25, 0.3) is 0 Å². The number of fused-ring (bicyclic) bond motifs is 1. The minimum atomic E-state index is -1.21. The zero-order valence-electron chi connectivity index (χ0n) is 14.6. The first kappa shape index (κ1) is 20.9. The van der Waals surface area contributed by atoms with Gasteiger partial charge in [-0.3, -0.25) is 4.79 Å². The third-order valence-corrected chi connectivity index (χ3v) is 3.23. The third kappa shape index (κ3) is 4.70. The first-order chi connectivity index (χ1) is 12.3. The minimum absolute atomic E-state index is 0.00884. The Labute approximate surface area is 150 Å². The Balaban J connectivity index is 0.000000263. The van der Waals surface area contributed by atoms with Crippen molar-refractivity contribution in [1.29, 1.82) is 0 Å². The molecule has 0 saturated heterocycles. The van der Waals surface area contributed by atoms with Gasteiger partial charge < -0.3 is 35.0 Å². The number of carbonyl (C=O) groups is 1. The molecule has 0 bridgehead atoms. The smallest absolute Gasteiger partial charge is 0.202 e. The van der Waals surface area contributed by atoms with E-state index in [9.17, 15) is 15.0 Å². The normalized spacial score (nSPS) is 14.6. The van der Waals surface area contributed by atoms with E-state index in [0.717, 1.165) is 0 Å². The Morgan fingerprint density at radius 2 is 1.62 bits per heavy atom. The van der Waals surface area contributed by atoms with Crippen molar-refractivity contribution >= 4 is 5.78 Å². The zero-order valence-corrected chi connectivity index (χ0v) is 14.6. The number of benzene rings is 2. The molecule has 0 spiro atoms. The Bertz CT molecular complexity index is 737. The maximum Gasteiger partial charge on any atom is 0.202 e. The Morgan fingerprint density at radius 1 is 1.04 bits per heavy atom. The van der Waals surface area contributed by atoms with Crippen molar-refractivity contribution in [3.63, 3.8) is 0 Å². The van der Waals surface area contributed by atoms with Crippen LogP contribution in [0, 0.1) is 0 Å². The SMILES string of the molecule is CC.COc1cc(O)c2c(c1)OCC(O)C2=O.Oc1cccc(O)c1O. The molecule has 0 aromatic heterocycles. The molecule has 2 aromatic carbocycles. The lowest BCUT2D eigenvalue weighted by Gasteiger charge is -2.21. The van der Waals surface area contributed by atoms with E-state index in [1.165, 1.54) is 37.4 Å². The van der Waals surface area contributed by atoms with E-state index in [0.29, 0.717) is 5.75 Å². The first-order valence-corrected chi connectivity index (χ1v) is 7.81. The number of para-hydroxylation sites is 1. The van der Waals surface area contributed by atoms with E-state index in [4.69, 9.17) is 24.8 Å². The highest BCUT2D eigenvalue weighted by Crippen LogP contribution is 2.36. The molecule has 142 valence electrons. The summed E-state index contributed by atoms with van der Waals surface area (Å²) in [6, 6.07) is 6.81. The lowest BCUT2D eigenvalue weighted by atomic mass is 10.0. The summed E-state index contributed by atoms with van der Waals surface area (Å²) < 4.78 is 10.0. The van der Waals surface area contributed by atoms with Crippen molar-refractivity contribution < 1.29 is 39.8 Å². The van der Waals surface area contributed by atoms with Crippen LogP contribution in [0.5, 0.6) is 34.5 Å². The van der Waals surface area contributed by atoms with E-state index in [2.05, 4.69) is 0 Å². The summed E-state index contributed by atoms with van der Waals surface area (Å²) in [6.07, 6.45) is -1.21. The molecule has 8 heteroatoms. The van der Waals surface area contributed by atoms with Crippen molar-refractivity contribution in [2.75, 3.05) is 13.7 Å². The highest BCUT2D eigenvalue weighted by molar-refractivity contribution is 6.05. The maximum absolute atomic E-state index is 11.5. The molecule has 1 unspecified atom stereocenters. The maximum atomic E-state index is 11.5. The average molecular weight is 366 g/mol. The summed E-state index contributed by atoms with van der Waals surface area (Å²) in [5.74, 6) is -1.23. The molecule has 1 aliphatic rings. The van der Waals surface area contributed by atoms with Crippen LogP contribution in [-0.2, 0) is 0 Å². The highest BCUT2D eigenvalue weighted by atomic mass is 16.5. The lowest BCUT2D eigenvalue weighted by molar-refractivity contribution is 0.0552. The van der Waals surface area contributed by atoms with Crippen LogP contribution >= 0.6 is 0 Å². The molecule has 1 heterocycles. The van der Waals surface area contributed by atoms with E-state index in [-0.39, 0.29) is 35.2 Å². The van der Waals surface area contributed by atoms with Gasteiger partial charge in [-0.2, -0.15) is 0 Å². The molecular formula is C18H22O8. The number of rotatable bonds is 1. The molecule has 0 fully saturated rings. The molecule has 0 aliphatic carbocycles. The topological polar surface area (TPSA) is 137 Å². The van der Waals surface area contributed by atoms with Crippen LogP contribution in [0.3, 0.4) is 0 Å². The van der Waals surface area contributed by atoms with Gasteiger partial charge in [0, 0.05) is 12.1 Å². The summed E-state index contributed by atoms with van der Waals surface area (Å²) in [5, 5.41) is 44.9. The van der Waals surface area contributed by atoms with Crippen molar-refractivity contribution in [3.05, 3.63) is 35.9 Å². The van der Waals surface area contributed by atoms with Gasteiger partial charge in [-0.05, 0) is 12.1 Å².